The van der Waals surface area contributed by atoms with E-state index < -0.39 is 10.0 Å². The number of carbonyl (C=O) groups excluding carboxylic acids is 1. The number of amides is 1. The van der Waals surface area contributed by atoms with E-state index in [1.807, 2.05) is 19.1 Å². The standard InChI is InChI=1S/C23H21ClN2O5S/c1-15(17-6-8-19(24)9-7-17)26-23(27)18-3-2-4-20(12-18)32(28,29)25-13-16-5-10-21-22(11-16)31-14-30-21/h2-12,15,25H,13-14H2,1H3,(H,26,27). The fourth-order valence-electron chi connectivity index (χ4n) is 3.23. The predicted octanol–water partition coefficient (Wildman–Crippen LogP) is 4.04. The van der Waals surface area contributed by atoms with Crippen molar-refractivity contribution in [2.24, 2.45) is 0 Å². The van der Waals surface area contributed by atoms with E-state index >= 15 is 0 Å². The molecule has 0 radical (unpaired) electrons. The lowest BCUT2D eigenvalue weighted by atomic mass is 10.1. The van der Waals surface area contributed by atoms with Gasteiger partial charge in [-0.05, 0) is 60.5 Å². The molecule has 1 unspecified atom stereocenters. The molecule has 1 amide bonds. The Bertz CT molecular complexity index is 1250. The molecule has 0 fully saturated rings. The number of hydrogen-bond donors (Lipinski definition) is 2. The molecule has 32 heavy (non-hydrogen) atoms. The van der Waals surface area contributed by atoms with E-state index in [2.05, 4.69) is 10.0 Å². The molecule has 0 spiro atoms. The zero-order chi connectivity index (χ0) is 22.7. The van der Waals surface area contributed by atoms with Crippen LogP contribution in [0.1, 0.15) is 34.5 Å². The summed E-state index contributed by atoms with van der Waals surface area (Å²) in [6, 6.07) is 18.0. The van der Waals surface area contributed by atoms with Crippen LogP contribution in [0.5, 0.6) is 11.5 Å². The van der Waals surface area contributed by atoms with E-state index in [0.29, 0.717) is 16.5 Å². The van der Waals surface area contributed by atoms with Crippen LogP contribution in [-0.4, -0.2) is 21.1 Å². The minimum Gasteiger partial charge on any atom is -0.454 e. The maximum atomic E-state index is 12.8. The molecule has 0 aromatic heterocycles. The fourth-order valence-corrected chi connectivity index (χ4v) is 4.42. The van der Waals surface area contributed by atoms with Crippen LogP contribution in [0.3, 0.4) is 0 Å². The van der Waals surface area contributed by atoms with Gasteiger partial charge in [-0.1, -0.05) is 35.9 Å². The van der Waals surface area contributed by atoms with E-state index in [4.69, 9.17) is 21.1 Å². The average molecular weight is 473 g/mol. The Balaban J connectivity index is 1.43. The van der Waals surface area contributed by atoms with Crippen LogP contribution in [0.15, 0.2) is 71.6 Å². The Morgan fingerprint density at radius 2 is 1.78 bits per heavy atom. The number of carbonyl (C=O) groups is 1. The maximum absolute atomic E-state index is 12.8. The van der Waals surface area contributed by atoms with E-state index in [9.17, 15) is 13.2 Å². The maximum Gasteiger partial charge on any atom is 0.251 e. The van der Waals surface area contributed by atoms with Crippen molar-refractivity contribution < 1.29 is 22.7 Å². The number of ether oxygens (including phenoxy) is 2. The van der Waals surface area contributed by atoms with Gasteiger partial charge < -0.3 is 14.8 Å². The first kappa shape index (κ1) is 22.1. The lowest BCUT2D eigenvalue weighted by molar-refractivity contribution is 0.0939. The normalized spacial score (nSPS) is 13.6. The third-order valence-electron chi connectivity index (χ3n) is 5.03. The average Bonchev–Trinajstić information content (AvgIpc) is 3.26. The summed E-state index contributed by atoms with van der Waals surface area (Å²) in [6.45, 7) is 2.06. The predicted molar refractivity (Wildman–Crippen MR) is 120 cm³/mol. The van der Waals surface area contributed by atoms with Gasteiger partial charge in [0.05, 0.1) is 10.9 Å². The molecule has 0 saturated carbocycles. The van der Waals surface area contributed by atoms with E-state index in [0.717, 1.165) is 11.1 Å². The van der Waals surface area contributed by atoms with E-state index in [-0.39, 0.29) is 35.7 Å². The molecule has 1 aliphatic rings. The summed E-state index contributed by atoms with van der Waals surface area (Å²) in [4.78, 5) is 12.7. The number of sulfonamides is 1. The second-order valence-corrected chi connectivity index (χ2v) is 9.49. The van der Waals surface area contributed by atoms with Gasteiger partial charge in [0, 0.05) is 17.1 Å². The Morgan fingerprint density at radius 3 is 2.56 bits per heavy atom. The molecular weight excluding hydrogens is 452 g/mol. The largest absolute Gasteiger partial charge is 0.454 e. The first-order valence-electron chi connectivity index (χ1n) is 9.86. The lowest BCUT2D eigenvalue weighted by Crippen LogP contribution is -2.27. The zero-order valence-corrected chi connectivity index (χ0v) is 18.7. The van der Waals surface area contributed by atoms with Crippen LogP contribution in [0.2, 0.25) is 5.02 Å². The number of halogens is 1. The topological polar surface area (TPSA) is 93.7 Å². The van der Waals surface area contributed by atoms with Crippen molar-refractivity contribution >= 4 is 27.5 Å². The summed E-state index contributed by atoms with van der Waals surface area (Å²) in [5, 5.41) is 3.48. The van der Waals surface area contributed by atoms with Gasteiger partial charge in [-0.25, -0.2) is 13.1 Å². The molecule has 3 aromatic rings. The minimum absolute atomic E-state index is 0.00467. The molecule has 9 heteroatoms. The zero-order valence-electron chi connectivity index (χ0n) is 17.2. The molecule has 4 rings (SSSR count). The third kappa shape index (κ3) is 5.04. The smallest absolute Gasteiger partial charge is 0.251 e. The second kappa shape index (κ2) is 9.20. The number of fused-ring (bicyclic) bond motifs is 1. The quantitative estimate of drug-likeness (QED) is 0.541. The Labute approximate surface area is 191 Å². The van der Waals surface area contributed by atoms with E-state index in [1.165, 1.54) is 18.2 Å². The van der Waals surface area contributed by atoms with Gasteiger partial charge >= 0.3 is 0 Å². The molecule has 0 aliphatic carbocycles. The molecule has 7 nitrogen and oxygen atoms in total. The first-order valence-corrected chi connectivity index (χ1v) is 11.7. The molecule has 1 heterocycles. The molecule has 2 N–H and O–H groups in total. The van der Waals surface area contributed by atoms with Gasteiger partial charge in [-0.2, -0.15) is 0 Å². The highest BCUT2D eigenvalue weighted by molar-refractivity contribution is 7.89. The Kier molecular flexibility index (Phi) is 6.36. The number of hydrogen-bond acceptors (Lipinski definition) is 5. The van der Waals surface area contributed by atoms with Gasteiger partial charge in [0.1, 0.15) is 0 Å². The van der Waals surface area contributed by atoms with Gasteiger partial charge in [0.25, 0.3) is 5.91 Å². The fraction of sp³-hybridized carbons (Fsp3) is 0.174. The molecule has 1 atom stereocenters. The van der Waals surface area contributed by atoms with Crippen molar-refractivity contribution in [1.29, 1.82) is 0 Å². The van der Waals surface area contributed by atoms with Crippen LogP contribution >= 0.6 is 11.6 Å². The summed E-state index contributed by atoms with van der Waals surface area (Å²) < 4.78 is 38.7. The van der Waals surface area contributed by atoms with Crippen molar-refractivity contribution in [2.75, 3.05) is 6.79 Å². The van der Waals surface area contributed by atoms with Gasteiger partial charge in [-0.15, -0.1) is 0 Å². The van der Waals surface area contributed by atoms with Crippen LogP contribution in [0.4, 0.5) is 0 Å². The summed E-state index contributed by atoms with van der Waals surface area (Å²) in [5.74, 6) is 0.832. The van der Waals surface area contributed by atoms with Crippen LogP contribution in [0, 0.1) is 0 Å². The van der Waals surface area contributed by atoms with Crippen LogP contribution in [-0.2, 0) is 16.6 Å². The number of nitrogens with one attached hydrogen (secondary N) is 2. The second-order valence-electron chi connectivity index (χ2n) is 7.29. The van der Waals surface area contributed by atoms with Crippen molar-refractivity contribution in [1.82, 2.24) is 10.0 Å². The van der Waals surface area contributed by atoms with Gasteiger partial charge in [-0.3, -0.25) is 4.79 Å². The molecule has 0 bridgehead atoms. The van der Waals surface area contributed by atoms with Crippen molar-refractivity contribution in [3.8, 4) is 11.5 Å². The van der Waals surface area contributed by atoms with Crippen molar-refractivity contribution in [2.45, 2.75) is 24.4 Å². The highest BCUT2D eigenvalue weighted by atomic mass is 35.5. The van der Waals surface area contributed by atoms with Crippen LogP contribution in [0.25, 0.3) is 0 Å². The number of benzene rings is 3. The van der Waals surface area contributed by atoms with Crippen molar-refractivity contribution in [3.05, 3.63) is 88.4 Å². The lowest BCUT2D eigenvalue weighted by Gasteiger charge is -2.15. The molecule has 166 valence electrons. The summed E-state index contributed by atoms with van der Waals surface area (Å²) in [6.07, 6.45) is 0. The Morgan fingerprint density at radius 1 is 1.03 bits per heavy atom. The number of rotatable bonds is 7. The van der Waals surface area contributed by atoms with Gasteiger partial charge in [0.15, 0.2) is 11.5 Å². The molecule has 3 aromatic carbocycles. The summed E-state index contributed by atoms with van der Waals surface area (Å²) >= 11 is 5.91. The first-order chi connectivity index (χ1) is 15.3. The SMILES string of the molecule is CC(NC(=O)c1cccc(S(=O)(=O)NCc2ccc3c(c2)OCO3)c1)c1ccc(Cl)cc1. The molecule has 0 saturated heterocycles. The third-order valence-corrected chi connectivity index (χ3v) is 6.68. The molecule has 1 aliphatic heterocycles. The molecular formula is C23H21ClN2O5S. The van der Waals surface area contributed by atoms with Gasteiger partial charge in [0.2, 0.25) is 16.8 Å². The van der Waals surface area contributed by atoms with Crippen molar-refractivity contribution in [3.63, 3.8) is 0 Å². The summed E-state index contributed by atoms with van der Waals surface area (Å²) in [5.41, 5.74) is 1.86. The Hall–Kier alpha value is -3.07. The monoisotopic (exact) mass is 472 g/mol. The highest BCUT2D eigenvalue weighted by Gasteiger charge is 2.19. The highest BCUT2D eigenvalue weighted by Crippen LogP contribution is 2.32. The minimum atomic E-state index is -3.83. The summed E-state index contributed by atoms with van der Waals surface area (Å²) in [7, 11) is -3.83. The van der Waals surface area contributed by atoms with E-state index in [1.54, 1.807) is 36.4 Å². The van der Waals surface area contributed by atoms with Crippen LogP contribution < -0.4 is 19.5 Å².